The lowest BCUT2D eigenvalue weighted by atomic mass is 10.0. The highest BCUT2D eigenvalue weighted by Crippen LogP contribution is 2.35. The van der Waals surface area contributed by atoms with Crippen molar-refractivity contribution in [1.29, 1.82) is 0 Å². The maximum absolute atomic E-state index is 12.7. The second kappa shape index (κ2) is 6.48. The average Bonchev–Trinajstić information content (AvgIpc) is 3.36. The molecule has 1 unspecified atom stereocenters. The van der Waals surface area contributed by atoms with Crippen molar-refractivity contribution < 1.29 is 9.53 Å². The van der Waals surface area contributed by atoms with Crippen molar-refractivity contribution in [1.82, 2.24) is 9.97 Å². The number of benzene rings is 2. The molecule has 1 amide bonds. The molecule has 1 aliphatic heterocycles. The minimum Gasteiger partial charge on any atom is -0.480 e. The van der Waals surface area contributed by atoms with Gasteiger partial charge in [-0.2, -0.15) is 0 Å². The molecule has 2 aromatic carbocycles. The van der Waals surface area contributed by atoms with Crippen LogP contribution in [0.5, 0.6) is 5.75 Å². The van der Waals surface area contributed by atoms with Crippen molar-refractivity contribution in [3.05, 3.63) is 71.9 Å². The summed E-state index contributed by atoms with van der Waals surface area (Å²) in [7, 11) is 0. The molecule has 0 radical (unpaired) electrons. The third-order valence-corrected chi connectivity index (χ3v) is 5.42. The molecule has 0 saturated heterocycles. The first kappa shape index (κ1) is 16.0. The summed E-state index contributed by atoms with van der Waals surface area (Å²) < 4.78 is 5.90. The molecule has 3 heterocycles. The third-order valence-electron chi connectivity index (χ3n) is 4.66. The van der Waals surface area contributed by atoms with Crippen LogP contribution >= 0.6 is 11.3 Å². The molecule has 5 nitrogen and oxygen atoms in total. The maximum Gasteiger partial charge on any atom is 0.267 e. The van der Waals surface area contributed by atoms with Gasteiger partial charge < -0.3 is 4.74 Å². The lowest BCUT2D eigenvalue weighted by Gasteiger charge is -2.09. The molecular weight excluding hydrogens is 358 g/mol. The van der Waals surface area contributed by atoms with Gasteiger partial charge in [0.1, 0.15) is 5.75 Å². The van der Waals surface area contributed by atoms with Gasteiger partial charge in [0.15, 0.2) is 11.2 Å². The van der Waals surface area contributed by atoms with E-state index < -0.39 is 6.10 Å². The number of rotatable bonds is 3. The number of thiazole rings is 1. The minimum atomic E-state index is -0.543. The quantitative estimate of drug-likeness (QED) is 0.581. The van der Waals surface area contributed by atoms with Crippen molar-refractivity contribution in [2.24, 2.45) is 0 Å². The number of aromatic nitrogens is 2. The van der Waals surface area contributed by atoms with Gasteiger partial charge in [0.25, 0.3) is 5.91 Å². The lowest BCUT2D eigenvalue weighted by molar-refractivity contribution is -0.122. The molecular formula is C21H15N3O2S. The Bertz CT molecular complexity index is 1140. The number of carbonyl (C=O) groups excluding carboxylic acids is 1. The van der Waals surface area contributed by atoms with Gasteiger partial charge in [-0.05, 0) is 29.0 Å². The summed E-state index contributed by atoms with van der Waals surface area (Å²) in [4.78, 5) is 21.2. The fraction of sp³-hybridized carbons (Fsp3) is 0.0952. The lowest BCUT2D eigenvalue weighted by Crippen LogP contribution is -2.31. The Morgan fingerprint density at radius 3 is 2.85 bits per heavy atom. The van der Waals surface area contributed by atoms with Gasteiger partial charge in [-0.25, -0.2) is 4.98 Å². The Morgan fingerprint density at radius 2 is 1.96 bits per heavy atom. The highest BCUT2D eigenvalue weighted by molar-refractivity contribution is 7.14. The van der Waals surface area contributed by atoms with E-state index in [0.29, 0.717) is 11.6 Å². The number of anilines is 1. The van der Waals surface area contributed by atoms with Crippen LogP contribution in [0.2, 0.25) is 0 Å². The number of fused-ring (bicyclic) bond motifs is 3. The number of ether oxygens (including phenoxy) is 1. The summed E-state index contributed by atoms with van der Waals surface area (Å²) >= 11 is 1.40. The third kappa shape index (κ3) is 2.94. The van der Waals surface area contributed by atoms with E-state index >= 15 is 0 Å². The van der Waals surface area contributed by atoms with Crippen LogP contribution in [0.3, 0.4) is 0 Å². The van der Waals surface area contributed by atoms with Gasteiger partial charge in [0.05, 0.1) is 5.69 Å². The van der Waals surface area contributed by atoms with E-state index in [1.54, 1.807) is 12.4 Å². The van der Waals surface area contributed by atoms with Crippen molar-refractivity contribution in [3.8, 4) is 17.0 Å². The molecule has 1 N–H and O–H groups in total. The summed E-state index contributed by atoms with van der Waals surface area (Å²) in [6.07, 6.45) is 3.46. The molecule has 1 aliphatic rings. The number of amides is 1. The largest absolute Gasteiger partial charge is 0.480 e. The Morgan fingerprint density at radius 1 is 1.11 bits per heavy atom. The number of pyridine rings is 1. The van der Waals surface area contributed by atoms with Crippen LogP contribution in [0.1, 0.15) is 5.56 Å². The van der Waals surface area contributed by atoms with Crippen LogP contribution in [0.4, 0.5) is 5.13 Å². The molecule has 0 saturated carbocycles. The summed E-state index contributed by atoms with van der Waals surface area (Å²) in [5.74, 6) is 0.608. The zero-order valence-corrected chi connectivity index (χ0v) is 15.1. The van der Waals surface area contributed by atoms with Gasteiger partial charge >= 0.3 is 0 Å². The first-order valence-electron chi connectivity index (χ1n) is 8.62. The monoisotopic (exact) mass is 373 g/mol. The number of hydrogen-bond donors (Lipinski definition) is 1. The molecule has 5 rings (SSSR count). The smallest absolute Gasteiger partial charge is 0.267 e. The van der Waals surface area contributed by atoms with E-state index in [1.165, 1.54) is 11.3 Å². The summed E-state index contributed by atoms with van der Waals surface area (Å²) in [6.45, 7) is 0. The van der Waals surface area contributed by atoms with Crippen LogP contribution in [0.25, 0.3) is 22.0 Å². The first-order chi connectivity index (χ1) is 13.3. The minimum absolute atomic E-state index is 0.175. The van der Waals surface area contributed by atoms with Crippen LogP contribution in [0, 0.1) is 0 Å². The van der Waals surface area contributed by atoms with E-state index in [4.69, 9.17) is 4.74 Å². The molecule has 0 fully saturated rings. The first-order valence-corrected chi connectivity index (χ1v) is 9.50. The van der Waals surface area contributed by atoms with Crippen LogP contribution in [-0.4, -0.2) is 22.0 Å². The predicted molar refractivity (Wildman–Crippen MR) is 106 cm³/mol. The fourth-order valence-electron chi connectivity index (χ4n) is 3.34. The number of nitrogens with zero attached hydrogens (tertiary/aromatic N) is 2. The number of carbonyl (C=O) groups is 1. The van der Waals surface area contributed by atoms with Crippen molar-refractivity contribution >= 4 is 33.1 Å². The zero-order valence-electron chi connectivity index (χ0n) is 14.3. The van der Waals surface area contributed by atoms with Crippen LogP contribution < -0.4 is 10.1 Å². The van der Waals surface area contributed by atoms with Gasteiger partial charge in [-0.1, -0.05) is 30.3 Å². The van der Waals surface area contributed by atoms with E-state index in [0.717, 1.165) is 33.3 Å². The van der Waals surface area contributed by atoms with E-state index in [9.17, 15) is 4.79 Å². The van der Waals surface area contributed by atoms with Crippen LogP contribution in [-0.2, 0) is 11.2 Å². The molecule has 2 aromatic heterocycles. The van der Waals surface area contributed by atoms with E-state index in [1.807, 2.05) is 41.8 Å². The molecule has 1 atom stereocenters. The average molecular weight is 373 g/mol. The molecule has 0 bridgehead atoms. The van der Waals surface area contributed by atoms with Crippen LogP contribution in [0.15, 0.2) is 66.3 Å². The summed E-state index contributed by atoms with van der Waals surface area (Å²) in [6, 6.07) is 15.9. The molecule has 4 aromatic rings. The molecule has 6 heteroatoms. The standard InChI is InChI=1S/C21H15N3O2S/c25-20(24-21-23-17(12-27-21)14-7-9-22-10-8-14)19-11-16-15-4-2-1-3-13(15)5-6-18(16)26-19/h1-10,12,19H,11H2,(H,23,24,25). The highest BCUT2D eigenvalue weighted by atomic mass is 32.1. The van der Waals surface area contributed by atoms with Gasteiger partial charge in [-0.15, -0.1) is 11.3 Å². The van der Waals surface area contributed by atoms with Crippen molar-refractivity contribution in [3.63, 3.8) is 0 Å². The topological polar surface area (TPSA) is 64.1 Å². The van der Waals surface area contributed by atoms with Crippen molar-refractivity contribution in [2.75, 3.05) is 5.32 Å². The fourth-order valence-corrected chi connectivity index (χ4v) is 4.06. The SMILES string of the molecule is O=C(Nc1nc(-c2ccncc2)cs1)C1Cc2c(ccc3ccccc23)O1. The molecule has 0 aliphatic carbocycles. The predicted octanol–water partition coefficient (Wildman–Crippen LogP) is 4.30. The van der Waals surface area contributed by atoms with Crippen molar-refractivity contribution in [2.45, 2.75) is 12.5 Å². The normalized spacial score (nSPS) is 15.3. The Kier molecular flexibility index (Phi) is 3.83. The molecule has 0 spiro atoms. The second-order valence-corrected chi connectivity index (χ2v) is 7.20. The summed E-state index contributed by atoms with van der Waals surface area (Å²) in [5, 5.41) is 7.66. The Hall–Kier alpha value is -3.25. The highest BCUT2D eigenvalue weighted by Gasteiger charge is 2.30. The summed E-state index contributed by atoms with van der Waals surface area (Å²) in [5.41, 5.74) is 2.88. The van der Waals surface area contributed by atoms with E-state index in [-0.39, 0.29) is 5.91 Å². The number of nitrogens with one attached hydrogen (secondary N) is 1. The van der Waals surface area contributed by atoms with Gasteiger partial charge in [-0.3, -0.25) is 15.1 Å². The molecule has 27 heavy (non-hydrogen) atoms. The van der Waals surface area contributed by atoms with Gasteiger partial charge in [0, 0.05) is 35.3 Å². The molecule has 132 valence electrons. The number of hydrogen-bond acceptors (Lipinski definition) is 5. The maximum atomic E-state index is 12.7. The Labute approximate surface area is 159 Å². The Balaban J connectivity index is 1.34. The second-order valence-electron chi connectivity index (χ2n) is 6.34. The van der Waals surface area contributed by atoms with Gasteiger partial charge in [0.2, 0.25) is 0 Å². The van der Waals surface area contributed by atoms with E-state index in [2.05, 4.69) is 27.4 Å². The zero-order chi connectivity index (χ0) is 18.2.